The van der Waals surface area contributed by atoms with Gasteiger partial charge in [-0.2, -0.15) is 5.10 Å². The van der Waals surface area contributed by atoms with Gasteiger partial charge >= 0.3 is 0 Å². The lowest BCUT2D eigenvalue weighted by Crippen LogP contribution is -2.53. The maximum Gasteiger partial charge on any atom is 0.179 e. The van der Waals surface area contributed by atoms with Crippen molar-refractivity contribution in [2.45, 2.75) is 50.6 Å². The van der Waals surface area contributed by atoms with Crippen LogP contribution in [-0.2, 0) is 15.9 Å². The average Bonchev–Trinajstić information content (AvgIpc) is 3.52. The summed E-state index contributed by atoms with van der Waals surface area (Å²) in [6, 6.07) is 27.4. The lowest BCUT2D eigenvalue weighted by molar-refractivity contribution is -0.249. The molecule has 37 heavy (non-hydrogen) atoms. The van der Waals surface area contributed by atoms with E-state index in [4.69, 9.17) is 14.6 Å². The molecule has 1 saturated carbocycles. The predicted molar refractivity (Wildman–Crippen MR) is 140 cm³/mol. The topological polar surface area (TPSA) is 36.3 Å². The average molecular weight is 493 g/mol. The first-order valence-corrected chi connectivity index (χ1v) is 13.1. The maximum atomic E-state index is 13.5. The molecule has 1 aliphatic heterocycles. The van der Waals surface area contributed by atoms with Crippen LogP contribution in [-0.4, -0.2) is 15.6 Å². The molecule has 1 saturated heterocycles. The Labute approximate surface area is 216 Å². The van der Waals surface area contributed by atoms with Gasteiger partial charge in [-0.3, -0.25) is 0 Å². The van der Waals surface area contributed by atoms with Gasteiger partial charge < -0.3 is 9.47 Å². The van der Waals surface area contributed by atoms with Gasteiger partial charge in [0.25, 0.3) is 0 Å². The highest BCUT2D eigenvalue weighted by Gasteiger charge is 2.62. The van der Waals surface area contributed by atoms with Crippen molar-refractivity contribution in [3.05, 3.63) is 125 Å². The smallest absolute Gasteiger partial charge is 0.179 e. The predicted octanol–water partition coefficient (Wildman–Crippen LogP) is 7.37. The molecule has 2 fully saturated rings. The van der Waals surface area contributed by atoms with Crippen molar-refractivity contribution in [3.8, 4) is 5.69 Å². The molecule has 0 radical (unpaired) electrons. The highest BCUT2D eigenvalue weighted by atomic mass is 19.1. The van der Waals surface area contributed by atoms with Crippen LogP contribution in [0.25, 0.3) is 11.8 Å². The molecule has 1 spiro atoms. The fraction of sp³-hybridized carbons (Fsp3) is 0.281. The molecule has 0 amide bonds. The standard InChI is InChI=1S/C32H29FN2O2/c1-31-20-24-21-34-35(27-16-14-26(33)15-17-27)28(24)19-25(31)13-8-18-32(31)36-29(22-9-4-2-5-10-22)30(37-32)23-11-6-3-7-12-23/h2-7,9-12,14-17,19,21,29-30H,8,13,18,20H2,1H3/t29-,30+,31?,32?. The highest BCUT2D eigenvalue weighted by Crippen LogP contribution is 2.62. The normalized spacial score (nSPS) is 28.5. The van der Waals surface area contributed by atoms with E-state index in [1.807, 2.05) is 23.0 Å². The summed E-state index contributed by atoms with van der Waals surface area (Å²) in [6.45, 7) is 2.30. The summed E-state index contributed by atoms with van der Waals surface area (Å²) in [5.74, 6) is -0.991. The molecule has 186 valence electrons. The van der Waals surface area contributed by atoms with Crippen molar-refractivity contribution in [1.82, 2.24) is 9.78 Å². The number of ether oxygens (including phenoxy) is 2. The first-order valence-electron chi connectivity index (χ1n) is 13.1. The summed E-state index contributed by atoms with van der Waals surface area (Å²) in [5.41, 5.74) is 6.34. The fourth-order valence-electron chi connectivity index (χ4n) is 6.51. The van der Waals surface area contributed by atoms with Crippen molar-refractivity contribution in [2.75, 3.05) is 0 Å². The summed E-state index contributed by atoms with van der Waals surface area (Å²) in [4.78, 5) is 0. The maximum absolute atomic E-state index is 13.5. The zero-order valence-electron chi connectivity index (χ0n) is 20.8. The van der Waals surface area contributed by atoms with Gasteiger partial charge in [0.2, 0.25) is 0 Å². The number of halogens is 1. The quantitative estimate of drug-likeness (QED) is 0.300. The SMILES string of the molecule is CC12Cc3cnn(-c4ccc(F)cc4)c3C=C1CCCC21O[C@H](c2ccccc2)[C@H](c2ccccc2)O1. The van der Waals surface area contributed by atoms with Gasteiger partial charge in [-0.25, -0.2) is 9.07 Å². The van der Waals surface area contributed by atoms with Crippen LogP contribution in [0.5, 0.6) is 0 Å². The Hall–Kier alpha value is -3.54. The third-order valence-electron chi connectivity index (χ3n) is 8.48. The minimum Gasteiger partial charge on any atom is -0.338 e. The van der Waals surface area contributed by atoms with E-state index in [0.717, 1.165) is 53.8 Å². The van der Waals surface area contributed by atoms with Crippen LogP contribution in [0.1, 0.15) is 60.8 Å². The van der Waals surface area contributed by atoms with Crippen molar-refractivity contribution in [3.63, 3.8) is 0 Å². The van der Waals surface area contributed by atoms with Gasteiger partial charge in [0, 0.05) is 11.8 Å². The van der Waals surface area contributed by atoms with Gasteiger partial charge in [-0.1, -0.05) is 73.2 Å². The number of aromatic nitrogens is 2. The van der Waals surface area contributed by atoms with E-state index < -0.39 is 5.79 Å². The number of nitrogens with zero attached hydrogens (tertiary/aromatic N) is 2. The second-order valence-corrected chi connectivity index (χ2v) is 10.6. The van der Waals surface area contributed by atoms with Crippen molar-refractivity contribution < 1.29 is 13.9 Å². The molecule has 2 heterocycles. The lowest BCUT2D eigenvalue weighted by Gasteiger charge is -2.51. The zero-order chi connectivity index (χ0) is 25.0. The Balaban J connectivity index is 1.30. The Kier molecular flexibility index (Phi) is 5.20. The Morgan fingerprint density at radius 3 is 2.11 bits per heavy atom. The minimum atomic E-state index is -0.742. The summed E-state index contributed by atoms with van der Waals surface area (Å²) in [5, 5.41) is 4.69. The van der Waals surface area contributed by atoms with Crippen LogP contribution in [0.3, 0.4) is 0 Å². The van der Waals surface area contributed by atoms with E-state index in [2.05, 4.69) is 61.5 Å². The van der Waals surface area contributed by atoms with E-state index in [9.17, 15) is 4.39 Å². The van der Waals surface area contributed by atoms with Crippen LogP contribution >= 0.6 is 0 Å². The molecule has 2 unspecified atom stereocenters. The van der Waals surface area contributed by atoms with Gasteiger partial charge in [-0.05, 0) is 66.3 Å². The minimum absolute atomic E-state index is 0.192. The monoisotopic (exact) mass is 492 g/mol. The number of hydrogen-bond donors (Lipinski definition) is 0. The van der Waals surface area contributed by atoms with E-state index in [1.165, 1.54) is 17.7 Å². The van der Waals surface area contributed by atoms with Crippen molar-refractivity contribution in [2.24, 2.45) is 5.41 Å². The lowest BCUT2D eigenvalue weighted by atomic mass is 9.62. The molecular formula is C32H29FN2O2. The molecule has 7 rings (SSSR count). The van der Waals surface area contributed by atoms with Crippen LogP contribution in [0.15, 0.2) is 96.7 Å². The van der Waals surface area contributed by atoms with Gasteiger partial charge in [0.05, 0.1) is 17.6 Å². The molecular weight excluding hydrogens is 463 g/mol. The summed E-state index contributed by atoms with van der Waals surface area (Å²) in [7, 11) is 0. The van der Waals surface area contributed by atoms with Gasteiger partial charge in [-0.15, -0.1) is 0 Å². The zero-order valence-corrected chi connectivity index (χ0v) is 20.8. The first-order chi connectivity index (χ1) is 18.1. The molecule has 1 aromatic heterocycles. The Morgan fingerprint density at radius 2 is 1.49 bits per heavy atom. The first kappa shape index (κ1) is 22.6. The summed E-state index contributed by atoms with van der Waals surface area (Å²) in [6.07, 6.45) is 7.43. The van der Waals surface area contributed by atoms with E-state index >= 15 is 0 Å². The second kappa shape index (κ2) is 8.51. The van der Waals surface area contributed by atoms with Crippen LogP contribution in [0.2, 0.25) is 0 Å². The number of rotatable bonds is 3. The van der Waals surface area contributed by atoms with Gasteiger partial charge in [0.1, 0.15) is 18.0 Å². The number of hydrogen-bond acceptors (Lipinski definition) is 3. The van der Waals surface area contributed by atoms with Crippen molar-refractivity contribution >= 4 is 6.08 Å². The van der Waals surface area contributed by atoms with E-state index in [1.54, 1.807) is 12.1 Å². The summed E-state index contributed by atoms with van der Waals surface area (Å²) < 4.78 is 29.7. The largest absolute Gasteiger partial charge is 0.338 e. The molecule has 4 aromatic rings. The van der Waals surface area contributed by atoms with Crippen LogP contribution in [0, 0.1) is 11.2 Å². The molecule has 4 nitrogen and oxygen atoms in total. The third-order valence-corrected chi connectivity index (χ3v) is 8.48. The Morgan fingerprint density at radius 1 is 0.865 bits per heavy atom. The molecule has 3 aromatic carbocycles. The summed E-state index contributed by atoms with van der Waals surface area (Å²) >= 11 is 0. The van der Waals surface area contributed by atoms with Crippen LogP contribution < -0.4 is 0 Å². The third kappa shape index (κ3) is 3.52. The van der Waals surface area contributed by atoms with Gasteiger partial charge in [0.15, 0.2) is 5.79 Å². The second-order valence-electron chi connectivity index (χ2n) is 10.6. The number of fused-ring (bicyclic) bond motifs is 3. The fourth-order valence-corrected chi connectivity index (χ4v) is 6.51. The Bertz CT molecular complexity index is 1410. The van der Waals surface area contributed by atoms with E-state index in [-0.39, 0.29) is 23.4 Å². The molecule has 5 heteroatoms. The molecule has 3 aliphatic rings. The highest BCUT2D eigenvalue weighted by molar-refractivity contribution is 5.62. The van der Waals surface area contributed by atoms with E-state index in [0.29, 0.717) is 0 Å². The molecule has 4 atom stereocenters. The molecule has 2 aliphatic carbocycles. The number of benzene rings is 3. The van der Waals surface area contributed by atoms with Crippen molar-refractivity contribution in [1.29, 1.82) is 0 Å². The van der Waals surface area contributed by atoms with Crippen LogP contribution in [0.4, 0.5) is 4.39 Å². The molecule has 0 bridgehead atoms. The molecule has 0 N–H and O–H groups in total.